The average Bonchev–Trinajstić information content (AvgIpc) is 3.11. The van der Waals surface area contributed by atoms with Crippen LogP contribution in [0.1, 0.15) is 34.8 Å². The molecule has 0 radical (unpaired) electrons. The molecule has 0 atom stereocenters. The van der Waals surface area contributed by atoms with Gasteiger partial charge in [-0.2, -0.15) is 0 Å². The van der Waals surface area contributed by atoms with E-state index in [1.165, 1.54) is 0 Å². The van der Waals surface area contributed by atoms with Crippen LogP contribution in [0.5, 0.6) is 0 Å². The van der Waals surface area contributed by atoms with Crippen LogP contribution in [-0.2, 0) is 0 Å². The first-order valence-corrected chi connectivity index (χ1v) is 10.6. The first kappa shape index (κ1) is 21.6. The first-order valence-electron chi connectivity index (χ1n) is 10.6. The number of aryl methyl sites for hydroxylation is 2. The molecule has 164 valence electrons. The molecule has 4 heterocycles. The number of benzene rings is 1. The number of nitrogens with one attached hydrogen (secondary N) is 1. The van der Waals surface area contributed by atoms with Crippen LogP contribution in [0.2, 0.25) is 0 Å². The Hall–Kier alpha value is -2.64. The summed E-state index contributed by atoms with van der Waals surface area (Å²) in [6.45, 7) is 10.8. The van der Waals surface area contributed by atoms with Crippen molar-refractivity contribution < 1.29 is 9.59 Å². The first-order chi connectivity index (χ1) is 14.4. The van der Waals surface area contributed by atoms with Crippen LogP contribution in [0, 0.1) is 19.3 Å². The van der Waals surface area contributed by atoms with Gasteiger partial charge >= 0.3 is 6.03 Å². The van der Waals surface area contributed by atoms with Crippen molar-refractivity contribution in [1.29, 1.82) is 0 Å². The van der Waals surface area contributed by atoms with E-state index in [1.54, 1.807) is 23.2 Å². The van der Waals surface area contributed by atoms with Crippen molar-refractivity contribution >= 4 is 41.5 Å². The highest BCUT2D eigenvalue weighted by Crippen LogP contribution is 2.42. The van der Waals surface area contributed by atoms with E-state index >= 15 is 0 Å². The number of halogens is 1. The van der Waals surface area contributed by atoms with Gasteiger partial charge < -0.3 is 15.1 Å². The third-order valence-electron chi connectivity index (χ3n) is 6.81. The Labute approximate surface area is 188 Å². The molecule has 1 spiro atoms. The Bertz CT molecular complexity index is 1050. The Morgan fingerprint density at radius 2 is 1.94 bits per heavy atom. The summed E-state index contributed by atoms with van der Waals surface area (Å²) in [6.07, 6.45) is 2.68. The molecule has 2 saturated heterocycles. The Morgan fingerprint density at radius 1 is 1.19 bits per heavy atom. The summed E-state index contributed by atoms with van der Waals surface area (Å²) in [5.41, 5.74) is 3.92. The number of carbonyl (C=O) groups excluding carboxylic acids is 2. The number of aromatic nitrogens is 1. The standard InChI is InChI=1S/C23H27N5O2.ClH/c1-4-26-12-23(13-26)7-9-27(14-23)22(30)28-19-11-16(3)15(2)10-17(19)21(29)25-18-6-5-8-24-20(18)28;/h5-6,8,10-11H,4,7,9,12-14H2,1-3H3,(H,25,29);1H. The second-order valence-electron chi connectivity index (χ2n) is 8.88. The number of urea groups is 1. The normalized spacial score (nSPS) is 19.1. The fraction of sp³-hybridized carbons (Fsp3) is 0.435. The van der Waals surface area contributed by atoms with Gasteiger partial charge in [0.15, 0.2) is 5.82 Å². The van der Waals surface area contributed by atoms with E-state index in [1.807, 2.05) is 30.9 Å². The van der Waals surface area contributed by atoms with Gasteiger partial charge in [0.25, 0.3) is 5.91 Å². The van der Waals surface area contributed by atoms with Crippen molar-refractivity contribution in [2.24, 2.45) is 5.41 Å². The highest BCUT2D eigenvalue weighted by atomic mass is 35.5. The number of likely N-dealkylation sites (tertiary alicyclic amines) is 2. The monoisotopic (exact) mass is 441 g/mol. The summed E-state index contributed by atoms with van der Waals surface area (Å²) in [5.74, 6) is 0.260. The number of nitrogens with zero attached hydrogens (tertiary/aromatic N) is 4. The van der Waals surface area contributed by atoms with Crippen LogP contribution >= 0.6 is 12.4 Å². The highest BCUT2D eigenvalue weighted by molar-refractivity contribution is 6.17. The minimum atomic E-state index is -0.215. The molecule has 0 aliphatic carbocycles. The summed E-state index contributed by atoms with van der Waals surface area (Å²) < 4.78 is 0. The van der Waals surface area contributed by atoms with E-state index in [9.17, 15) is 9.59 Å². The molecule has 31 heavy (non-hydrogen) atoms. The Morgan fingerprint density at radius 3 is 2.68 bits per heavy atom. The van der Waals surface area contributed by atoms with Gasteiger partial charge in [0, 0.05) is 37.8 Å². The molecule has 0 unspecified atom stereocenters. The average molecular weight is 442 g/mol. The molecule has 8 heteroatoms. The second-order valence-corrected chi connectivity index (χ2v) is 8.88. The lowest BCUT2D eigenvalue weighted by Crippen LogP contribution is -2.57. The van der Waals surface area contributed by atoms with E-state index in [2.05, 4.69) is 22.1 Å². The fourth-order valence-corrected chi connectivity index (χ4v) is 4.96. The zero-order chi connectivity index (χ0) is 21.0. The summed E-state index contributed by atoms with van der Waals surface area (Å²) in [4.78, 5) is 37.2. The third-order valence-corrected chi connectivity index (χ3v) is 6.81. The maximum Gasteiger partial charge on any atom is 0.330 e. The quantitative estimate of drug-likeness (QED) is 0.727. The minimum absolute atomic E-state index is 0. The van der Waals surface area contributed by atoms with Gasteiger partial charge in [-0.05, 0) is 62.2 Å². The van der Waals surface area contributed by atoms with E-state index in [0.29, 0.717) is 22.8 Å². The van der Waals surface area contributed by atoms with Crippen molar-refractivity contribution in [3.05, 3.63) is 47.2 Å². The van der Waals surface area contributed by atoms with E-state index in [-0.39, 0.29) is 29.8 Å². The van der Waals surface area contributed by atoms with Crippen LogP contribution in [0.4, 0.5) is 22.0 Å². The molecule has 1 N–H and O–H groups in total. The highest BCUT2D eigenvalue weighted by Gasteiger charge is 2.49. The molecule has 0 saturated carbocycles. The van der Waals surface area contributed by atoms with E-state index in [4.69, 9.17) is 0 Å². The molecule has 3 aliphatic heterocycles. The summed E-state index contributed by atoms with van der Waals surface area (Å²) in [6, 6.07) is 7.25. The minimum Gasteiger partial charge on any atom is -0.323 e. The molecule has 3 aliphatic rings. The lowest BCUT2D eigenvalue weighted by atomic mass is 9.79. The van der Waals surface area contributed by atoms with Gasteiger partial charge in [-0.1, -0.05) is 6.92 Å². The number of fused-ring (bicyclic) bond motifs is 2. The van der Waals surface area contributed by atoms with Crippen molar-refractivity contribution in [3.8, 4) is 0 Å². The summed E-state index contributed by atoms with van der Waals surface area (Å²) in [7, 11) is 0. The molecule has 5 rings (SSSR count). The summed E-state index contributed by atoms with van der Waals surface area (Å²) in [5, 5.41) is 2.93. The van der Waals surface area contributed by atoms with Gasteiger partial charge in [0.1, 0.15) is 0 Å². The molecule has 2 fully saturated rings. The predicted molar refractivity (Wildman–Crippen MR) is 124 cm³/mol. The number of hydrogen-bond acceptors (Lipinski definition) is 4. The number of amides is 3. The smallest absolute Gasteiger partial charge is 0.323 e. The lowest BCUT2D eigenvalue weighted by molar-refractivity contribution is 0.0158. The number of pyridine rings is 1. The van der Waals surface area contributed by atoms with Crippen molar-refractivity contribution in [2.45, 2.75) is 27.2 Å². The van der Waals surface area contributed by atoms with Gasteiger partial charge in [0.05, 0.1) is 16.9 Å². The van der Waals surface area contributed by atoms with Crippen LogP contribution in [0.3, 0.4) is 0 Å². The number of carbonyl (C=O) groups is 2. The molecule has 0 bridgehead atoms. The molecule has 3 amide bonds. The van der Waals surface area contributed by atoms with Crippen LogP contribution in [0.25, 0.3) is 0 Å². The number of hydrogen-bond donors (Lipinski definition) is 1. The van der Waals surface area contributed by atoms with Gasteiger partial charge in [-0.25, -0.2) is 14.7 Å². The van der Waals surface area contributed by atoms with E-state index in [0.717, 1.165) is 50.3 Å². The lowest BCUT2D eigenvalue weighted by Gasteiger charge is -2.47. The molecular formula is C23H28ClN5O2. The largest absolute Gasteiger partial charge is 0.330 e. The van der Waals surface area contributed by atoms with Gasteiger partial charge in [-0.3, -0.25) is 4.79 Å². The van der Waals surface area contributed by atoms with Crippen LogP contribution < -0.4 is 10.2 Å². The van der Waals surface area contributed by atoms with Gasteiger partial charge in [-0.15, -0.1) is 12.4 Å². The number of rotatable bonds is 1. The zero-order valence-electron chi connectivity index (χ0n) is 18.1. The Kier molecular flexibility index (Phi) is 5.43. The molecule has 7 nitrogen and oxygen atoms in total. The SMILES string of the molecule is CCN1CC2(CCN(C(=O)N3c4cc(C)c(C)cc4C(=O)Nc4cccnc43)C2)C1.Cl. The fourth-order valence-electron chi connectivity index (χ4n) is 4.96. The topological polar surface area (TPSA) is 68.8 Å². The maximum atomic E-state index is 13.8. The second kappa shape index (κ2) is 7.80. The van der Waals surface area contributed by atoms with Crippen molar-refractivity contribution in [1.82, 2.24) is 14.8 Å². The molecule has 1 aromatic heterocycles. The van der Waals surface area contributed by atoms with Gasteiger partial charge in [0.2, 0.25) is 0 Å². The van der Waals surface area contributed by atoms with Crippen molar-refractivity contribution in [3.63, 3.8) is 0 Å². The molecule has 2 aromatic rings. The van der Waals surface area contributed by atoms with Crippen LogP contribution in [0.15, 0.2) is 30.5 Å². The maximum absolute atomic E-state index is 13.8. The zero-order valence-corrected chi connectivity index (χ0v) is 19.0. The third kappa shape index (κ3) is 3.46. The molecular weight excluding hydrogens is 414 g/mol. The number of anilines is 3. The summed E-state index contributed by atoms with van der Waals surface area (Å²) >= 11 is 0. The van der Waals surface area contributed by atoms with Crippen molar-refractivity contribution in [2.75, 3.05) is 42.9 Å². The van der Waals surface area contributed by atoms with E-state index < -0.39 is 0 Å². The molecule has 1 aromatic carbocycles. The Balaban J connectivity index is 0.00000231. The predicted octanol–water partition coefficient (Wildman–Crippen LogP) is 3.97. The van der Waals surface area contributed by atoms with Crippen LogP contribution in [-0.4, -0.2) is 59.4 Å².